The zero-order valence-electron chi connectivity index (χ0n) is 10.1. The van der Waals surface area contributed by atoms with Gasteiger partial charge in [-0.2, -0.15) is 3.96 Å². The number of nitrogens with one attached hydrogen (secondary N) is 1. The lowest BCUT2D eigenvalue weighted by atomic mass is 10.3. The fraction of sp³-hybridized carbons (Fsp3) is 0.333. The van der Waals surface area contributed by atoms with Gasteiger partial charge in [-0.15, -0.1) is 0 Å². The molecule has 6 heteroatoms. The van der Waals surface area contributed by atoms with Crippen molar-refractivity contribution in [3.63, 3.8) is 0 Å². The van der Waals surface area contributed by atoms with Crippen LogP contribution in [-0.2, 0) is 0 Å². The molecule has 0 spiro atoms. The van der Waals surface area contributed by atoms with Gasteiger partial charge < -0.3 is 5.32 Å². The molecule has 0 saturated heterocycles. The number of rotatable bonds is 2. The Morgan fingerprint density at radius 2 is 2.28 bits per heavy atom. The Balaban J connectivity index is 2.43. The molecule has 1 aromatic heterocycles. The largest absolute Gasteiger partial charge is 0.338 e. The van der Waals surface area contributed by atoms with Crippen LogP contribution in [0.2, 0.25) is 5.02 Å². The molecule has 0 aliphatic carbocycles. The van der Waals surface area contributed by atoms with Crippen molar-refractivity contribution in [3.05, 3.63) is 33.6 Å². The van der Waals surface area contributed by atoms with E-state index in [1.165, 1.54) is 0 Å². The Morgan fingerprint density at radius 1 is 1.56 bits per heavy atom. The average Bonchev–Trinajstić information content (AvgIpc) is 2.66. The SMILES string of the molecule is CCC(C)NC(=O)n1sc2cc(Cl)ccc2c1=O. The van der Waals surface area contributed by atoms with Crippen molar-refractivity contribution in [2.45, 2.75) is 26.3 Å². The summed E-state index contributed by atoms with van der Waals surface area (Å²) < 4.78 is 1.85. The smallest absolute Gasteiger partial charge is 0.334 e. The number of aromatic nitrogens is 1. The normalized spacial score (nSPS) is 12.6. The lowest BCUT2D eigenvalue weighted by Gasteiger charge is -2.09. The third kappa shape index (κ3) is 2.42. The molecule has 1 N–H and O–H groups in total. The molecule has 0 radical (unpaired) electrons. The van der Waals surface area contributed by atoms with Crippen LogP contribution in [0, 0.1) is 0 Å². The van der Waals surface area contributed by atoms with E-state index >= 15 is 0 Å². The number of hydrogen-bond acceptors (Lipinski definition) is 3. The van der Waals surface area contributed by atoms with Gasteiger partial charge >= 0.3 is 6.03 Å². The molecule has 1 unspecified atom stereocenters. The highest BCUT2D eigenvalue weighted by molar-refractivity contribution is 7.14. The summed E-state index contributed by atoms with van der Waals surface area (Å²) in [5.41, 5.74) is -0.299. The first-order chi connectivity index (χ1) is 8.52. The molecule has 2 aromatic rings. The standard InChI is InChI=1S/C12H13ClN2O2S/c1-3-7(2)14-12(17)15-11(16)9-5-4-8(13)6-10(9)18-15/h4-7H,3H2,1-2H3,(H,14,17). The van der Waals surface area contributed by atoms with Gasteiger partial charge in [0.05, 0.1) is 10.1 Å². The summed E-state index contributed by atoms with van der Waals surface area (Å²) in [6, 6.07) is 4.64. The Kier molecular flexibility index (Phi) is 3.73. The van der Waals surface area contributed by atoms with Crippen LogP contribution >= 0.6 is 23.1 Å². The second-order valence-corrected chi connectivity index (χ2v) is 5.51. The Bertz CT molecular complexity index is 647. The van der Waals surface area contributed by atoms with E-state index in [2.05, 4.69) is 5.32 Å². The molecule has 0 bridgehead atoms. The summed E-state index contributed by atoms with van der Waals surface area (Å²) in [6.07, 6.45) is 0.817. The third-order valence-corrected chi connectivity index (χ3v) is 4.00. The Hall–Kier alpha value is -1.33. The highest BCUT2D eigenvalue weighted by Gasteiger charge is 2.15. The van der Waals surface area contributed by atoms with E-state index in [-0.39, 0.29) is 17.6 Å². The first kappa shape index (κ1) is 13.1. The molecule has 1 amide bonds. The minimum atomic E-state index is -0.383. The van der Waals surface area contributed by atoms with Crippen LogP contribution in [0.15, 0.2) is 23.0 Å². The molecule has 0 saturated carbocycles. The zero-order valence-corrected chi connectivity index (χ0v) is 11.6. The van der Waals surface area contributed by atoms with Crippen molar-refractivity contribution < 1.29 is 4.79 Å². The molecule has 4 nitrogen and oxygen atoms in total. The molecule has 1 atom stereocenters. The average molecular weight is 285 g/mol. The van der Waals surface area contributed by atoms with E-state index in [0.717, 1.165) is 21.9 Å². The Labute approximate surface area is 113 Å². The topological polar surface area (TPSA) is 51.1 Å². The highest BCUT2D eigenvalue weighted by Crippen LogP contribution is 2.21. The summed E-state index contributed by atoms with van der Waals surface area (Å²) in [7, 11) is 0. The molecule has 18 heavy (non-hydrogen) atoms. The monoisotopic (exact) mass is 284 g/mol. The number of carbonyl (C=O) groups excluding carboxylic acids is 1. The van der Waals surface area contributed by atoms with E-state index in [4.69, 9.17) is 11.6 Å². The highest BCUT2D eigenvalue weighted by atomic mass is 35.5. The first-order valence-corrected chi connectivity index (χ1v) is 6.80. The molecule has 1 aromatic carbocycles. The predicted octanol–water partition coefficient (Wildman–Crippen LogP) is 3.07. The maximum Gasteiger partial charge on any atom is 0.338 e. The van der Waals surface area contributed by atoms with Gasteiger partial charge in [0.15, 0.2) is 0 Å². The maximum absolute atomic E-state index is 12.0. The number of hydrogen-bond donors (Lipinski definition) is 1. The van der Waals surface area contributed by atoms with Gasteiger partial charge in [0, 0.05) is 11.1 Å². The predicted molar refractivity (Wildman–Crippen MR) is 74.8 cm³/mol. The van der Waals surface area contributed by atoms with Crippen LogP contribution in [0.25, 0.3) is 10.1 Å². The summed E-state index contributed by atoms with van der Waals surface area (Å²) in [5, 5.41) is 3.83. The zero-order chi connectivity index (χ0) is 13.3. The molecular formula is C12H13ClN2O2S. The summed E-state index contributed by atoms with van der Waals surface area (Å²) in [4.78, 5) is 23.9. The van der Waals surface area contributed by atoms with E-state index in [0.29, 0.717) is 15.1 Å². The van der Waals surface area contributed by atoms with Crippen molar-refractivity contribution in [2.75, 3.05) is 0 Å². The van der Waals surface area contributed by atoms with Crippen LogP contribution < -0.4 is 10.9 Å². The van der Waals surface area contributed by atoms with Gasteiger partial charge in [-0.1, -0.05) is 18.5 Å². The van der Waals surface area contributed by atoms with Gasteiger partial charge in [0.25, 0.3) is 5.56 Å². The van der Waals surface area contributed by atoms with Gasteiger partial charge in [0.2, 0.25) is 0 Å². The second-order valence-electron chi connectivity index (χ2n) is 4.09. The molecule has 0 fully saturated rings. The van der Waals surface area contributed by atoms with Gasteiger partial charge in [0.1, 0.15) is 0 Å². The van der Waals surface area contributed by atoms with Crippen molar-refractivity contribution in [3.8, 4) is 0 Å². The molecule has 0 aliphatic heterocycles. The minimum absolute atomic E-state index is 0.0400. The Morgan fingerprint density at radius 3 is 2.94 bits per heavy atom. The van der Waals surface area contributed by atoms with Crippen molar-refractivity contribution in [1.82, 2.24) is 9.27 Å². The van der Waals surface area contributed by atoms with Crippen LogP contribution in [0.3, 0.4) is 0 Å². The van der Waals surface area contributed by atoms with Gasteiger partial charge in [-0.3, -0.25) is 4.79 Å². The summed E-state index contributed by atoms with van der Waals surface area (Å²) in [6.45, 7) is 3.87. The van der Waals surface area contributed by atoms with E-state index in [1.807, 2.05) is 13.8 Å². The van der Waals surface area contributed by atoms with E-state index in [1.54, 1.807) is 18.2 Å². The number of halogens is 1. The number of fused-ring (bicyclic) bond motifs is 1. The minimum Gasteiger partial charge on any atom is -0.334 e. The fourth-order valence-electron chi connectivity index (χ4n) is 1.50. The van der Waals surface area contributed by atoms with Crippen LogP contribution in [-0.4, -0.2) is 16.0 Å². The molecule has 1 heterocycles. The first-order valence-electron chi connectivity index (χ1n) is 5.65. The van der Waals surface area contributed by atoms with E-state index < -0.39 is 0 Å². The van der Waals surface area contributed by atoms with Crippen LogP contribution in [0.5, 0.6) is 0 Å². The maximum atomic E-state index is 12.0. The summed E-state index contributed by atoms with van der Waals surface area (Å²) >= 11 is 6.97. The molecular weight excluding hydrogens is 272 g/mol. The quantitative estimate of drug-likeness (QED) is 0.921. The van der Waals surface area contributed by atoms with Crippen LogP contribution in [0.4, 0.5) is 4.79 Å². The summed E-state index contributed by atoms with van der Waals surface area (Å²) in [5.74, 6) is 0. The lowest BCUT2D eigenvalue weighted by Crippen LogP contribution is -2.38. The van der Waals surface area contributed by atoms with Crippen LogP contribution in [0.1, 0.15) is 20.3 Å². The van der Waals surface area contributed by atoms with Crippen molar-refractivity contribution >= 4 is 39.3 Å². The van der Waals surface area contributed by atoms with E-state index in [9.17, 15) is 9.59 Å². The van der Waals surface area contributed by atoms with Crippen molar-refractivity contribution in [1.29, 1.82) is 0 Å². The number of amides is 1. The number of nitrogens with zero attached hydrogens (tertiary/aromatic N) is 1. The second kappa shape index (κ2) is 5.12. The molecule has 96 valence electrons. The van der Waals surface area contributed by atoms with Crippen molar-refractivity contribution in [2.24, 2.45) is 0 Å². The van der Waals surface area contributed by atoms with Gasteiger partial charge in [-0.25, -0.2) is 4.79 Å². The molecule has 0 aliphatic rings. The number of benzene rings is 1. The lowest BCUT2D eigenvalue weighted by molar-refractivity contribution is 0.240. The molecule has 2 rings (SSSR count). The number of carbonyl (C=O) groups is 1. The van der Waals surface area contributed by atoms with Gasteiger partial charge in [-0.05, 0) is 43.1 Å². The fourth-order valence-corrected chi connectivity index (χ4v) is 2.69. The third-order valence-electron chi connectivity index (χ3n) is 2.71.